The number of methoxy groups -OCH3 is 1. The molecular formula is C20H20ClN3O3. The van der Waals surface area contributed by atoms with E-state index in [1.54, 1.807) is 36.2 Å². The monoisotopic (exact) mass is 385 g/mol. The molecule has 1 heterocycles. The fraction of sp³-hybridized carbons (Fsp3) is 0.200. The Morgan fingerprint density at radius 3 is 2.74 bits per heavy atom. The molecule has 0 fully saturated rings. The van der Waals surface area contributed by atoms with Gasteiger partial charge in [0.1, 0.15) is 11.5 Å². The molecular weight excluding hydrogens is 366 g/mol. The maximum Gasteiger partial charge on any atom is 0.276 e. The number of aromatic nitrogens is 2. The fourth-order valence-corrected chi connectivity index (χ4v) is 2.63. The van der Waals surface area contributed by atoms with Gasteiger partial charge in [0.15, 0.2) is 12.4 Å². The highest BCUT2D eigenvalue weighted by molar-refractivity contribution is 6.31. The molecule has 0 atom stereocenters. The quantitative estimate of drug-likeness (QED) is 0.680. The number of carbonyl (C=O) groups excluding carboxylic acids is 1. The van der Waals surface area contributed by atoms with Gasteiger partial charge in [0, 0.05) is 11.2 Å². The minimum absolute atomic E-state index is 0.183. The second-order valence-electron chi connectivity index (χ2n) is 6.08. The number of nitrogens with zero attached hydrogens (tertiary/aromatic N) is 2. The summed E-state index contributed by atoms with van der Waals surface area (Å²) in [6.45, 7) is 4.03. The van der Waals surface area contributed by atoms with E-state index in [2.05, 4.69) is 10.4 Å². The van der Waals surface area contributed by atoms with Crippen LogP contribution < -0.4 is 14.8 Å². The van der Waals surface area contributed by atoms with E-state index in [4.69, 9.17) is 21.1 Å². The molecule has 0 aliphatic carbocycles. The predicted octanol–water partition coefficient (Wildman–Crippen LogP) is 4.45. The summed E-state index contributed by atoms with van der Waals surface area (Å²) in [7, 11) is 1.56. The Morgan fingerprint density at radius 2 is 2.00 bits per heavy atom. The number of benzene rings is 2. The molecule has 0 radical (unpaired) electrons. The van der Waals surface area contributed by atoms with Crippen LogP contribution in [0, 0.1) is 13.8 Å². The van der Waals surface area contributed by atoms with E-state index >= 15 is 0 Å². The summed E-state index contributed by atoms with van der Waals surface area (Å²) < 4.78 is 12.5. The van der Waals surface area contributed by atoms with Crippen molar-refractivity contribution in [2.24, 2.45) is 0 Å². The Kier molecular flexibility index (Phi) is 5.66. The molecule has 1 amide bonds. The molecule has 7 heteroatoms. The standard InChI is InChI=1S/C20H20ClN3O3/c1-13-4-7-19(26-3)18(10-13)22-20(25)17-8-9-24(23-17)12-27-15-5-6-16(21)14(2)11-15/h4-11H,12H2,1-3H3,(H,22,25). The molecule has 6 nitrogen and oxygen atoms in total. The molecule has 0 saturated carbocycles. The van der Waals surface area contributed by atoms with Crippen molar-refractivity contribution in [3.8, 4) is 11.5 Å². The van der Waals surface area contributed by atoms with E-state index in [1.165, 1.54) is 0 Å². The summed E-state index contributed by atoms with van der Waals surface area (Å²) in [6.07, 6.45) is 1.69. The number of aryl methyl sites for hydroxylation is 2. The molecule has 27 heavy (non-hydrogen) atoms. The average molecular weight is 386 g/mol. The number of carbonyl (C=O) groups is 1. The van der Waals surface area contributed by atoms with Crippen LogP contribution in [0.3, 0.4) is 0 Å². The third kappa shape index (κ3) is 4.60. The van der Waals surface area contributed by atoms with Crippen LogP contribution in [0.2, 0.25) is 5.02 Å². The first-order chi connectivity index (χ1) is 13.0. The van der Waals surface area contributed by atoms with Crippen molar-refractivity contribution in [1.82, 2.24) is 9.78 Å². The molecule has 1 aromatic heterocycles. The van der Waals surface area contributed by atoms with Crippen molar-refractivity contribution < 1.29 is 14.3 Å². The third-order valence-electron chi connectivity index (χ3n) is 3.97. The van der Waals surface area contributed by atoms with Crippen LogP contribution in [0.15, 0.2) is 48.7 Å². The minimum Gasteiger partial charge on any atom is -0.495 e. The van der Waals surface area contributed by atoms with E-state index in [9.17, 15) is 4.79 Å². The van der Waals surface area contributed by atoms with Crippen LogP contribution in [0.1, 0.15) is 21.6 Å². The first-order valence-electron chi connectivity index (χ1n) is 8.34. The lowest BCUT2D eigenvalue weighted by Crippen LogP contribution is -2.15. The highest BCUT2D eigenvalue weighted by Crippen LogP contribution is 2.25. The van der Waals surface area contributed by atoms with Crippen LogP contribution in [0.5, 0.6) is 11.5 Å². The van der Waals surface area contributed by atoms with Gasteiger partial charge >= 0.3 is 0 Å². The van der Waals surface area contributed by atoms with Crippen molar-refractivity contribution >= 4 is 23.2 Å². The minimum atomic E-state index is -0.319. The van der Waals surface area contributed by atoms with E-state index in [0.29, 0.717) is 22.2 Å². The first kappa shape index (κ1) is 18.8. The number of rotatable bonds is 6. The van der Waals surface area contributed by atoms with Crippen molar-refractivity contribution in [2.75, 3.05) is 12.4 Å². The fourth-order valence-electron chi connectivity index (χ4n) is 2.51. The van der Waals surface area contributed by atoms with Crippen molar-refractivity contribution in [2.45, 2.75) is 20.6 Å². The summed E-state index contributed by atoms with van der Waals surface area (Å²) >= 11 is 6.01. The number of hydrogen-bond donors (Lipinski definition) is 1. The van der Waals surface area contributed by atoms with Crippen LogP contribution in [-0.4, -0.2) is 22.8 Å². The Hall–Kier alpha value is -2.99. The summed E-state index contributed by atoms with van der Waals surface area (Å²) in [4.78, 5) is 12.5. The lowest BCUT2D eigenvalue weighted by Gasteiger charge is -2.10. The van der Waals surface area contributed by atoms with Gasteiger partial charge in [-0.05, 0) is 61.4 Å². The Labute approximate surface area is 162 Å². The Morgan fingerprint density at radius 1 is 1.19 bits per heavy atom. The van der Waals surface area contributed by atoms with Crippen LogP contribution >= 0.6 is 11.6 Å². The molecule has 3 rings (SSSR count). The second-order valence-corrected chi connectivity index (χ2v) is 6.49. The summed E-state index contributed by atoms with van der Waals surface area (Å²) in [5, 5.41) is 7.76. The third-order valence-corrected chi connectivity index (χ3v) is 4.39. The number of hydrogen-bond acceptors (Lipinski definition) is 4. The maximum absolute atomic E-state index is 12.5. The molecule has 2 aromatic carbocycles. The van der Waals surface area contributed by atoms with Gasteiger partial charge in [-0.3, -0.25) is 4.79 Å². The normalized spacial score (nSPS) is 10.5. The van der Waals surface area contributed by atoms with E-state index < -0.39 is 0 Å². The highest BCUT2D eigenvalue weighted by atomic mass is 35.5. The highest BCUT2D eigenvalue weighted by Gasteiger charge is 2.13. The number of anilines is 1. The number of amides is 1. The molecule has 0 spiro atoms. The van der Waals surface area contributed by atoms with Crippen LogP contribution in [0.25, 0.3) is 0 Å². The smallest absolute Gasteiger partial charge is 0.276 e. The van der Waals surface area contributed by atoms with Crippen molar-refractivity contribution in [1.29, 1.82) is 0 Å². The largest absolute Gasteiger partial charge is 0.495 e. The topological polar surface area (TPSA) is 65.4 Å². The van der Waals surface area contributed by atoms with Gasteiger partial charge in [-0.1, -0.05) is 17.7 Å². The zero-order valence-corrected chi connectivity index (χ0v) is 16.1. The molecule has 0 saturated heterocycles. The lowest BCUT2D eigenvalue weighted by atomic mass is 10.2. The molecule has 3 aromatic rings. The van der Waals surface area contributed by atoms with Crippen LogP contribution in [0.4, 0.5) is 5.69 Å². The van der Waals surface area contributed by atoms with Gasteiger partial charge in [0.05, 0.1) is 12.8 Å². The van der Waals surface area contributed by atoms with E-state index in [0.717, 1.165) is 11.1 Å². The van der Waals surface area contributed by atoms with Crippen LogP contribution in [-0.2, 0) is 6.73 Å². The van der Waals surface area contributed by atoms with Gasteiger partial charge in [-0.25, -0.2) is 4.68 Å². The number of nitrogens with one attached hydrogen (secondary N) is 1. The van der Waals surface area contributed by atoms with Gasteiger partial charge < -0.3 is 14.8 Å². The van der Waals surface area contributed by atoms with Gasteiger partial charge in [0.2, 0.25) is 0 Å². The predicted molar refractivity (Wildman–Crippen MR) is 105 cm³/mol. The Balaban J connectivity index is 1.65. The summed E-state index contributed by atoms with van der Waals surface area (Å²) in [5.41, 5.74) is 2.84. The second kappa shape index (κ2) is 8.14. The number of halogens is 1. The van der Waals surface area contributed by atoms with Gasteiger partial charge in [0.25, 0.3) is 5.91 Å². The molecule has 0 aliphatic heterocycles. The average Bonchev–Trinajstić information content (AvgIpc) is 3.12. The zero-order valence-electron chi connectivity index (χ0n) is 15.3. The zero-order chi connectivity index (χ0) is 19.4. The van der Waals surface area contributed by atoms with Gasteiger partial charge in [-0.2, -0.15) is 5.10 Å². The van der Waals surface area contributed by atoms with Gasteiger partial charge in [-0.15, -0.1) is 0 Å². The molecule has 140 valence electrons. The molecule has 0 bridgehead atoms. The maximum atomic E-state index is 12.5. The molecule has 0 aliphatic rings. The molecule has 0 unspecified atom stereocenters. The SMILES string of the molecule is COc1ccc(C)cc1NC(=O)c1ccn(COc2ccc(Cl)c(C)c2)n1. The first-order valence-corrected chi connectivity index (χ1v) is 8.72. The summed E-state index contributed by atoms with van der Waals surface area (Å²) in [5.74, 6) is 0.956. The van der Waals surface area contributed by atoms with Crippen molar-refractivity contribution in [3.05, 3.63) is 70.5 Å². The molecule has 1 N–H and O–H groups in total. The summed E-state index contributed by atoms with van der Waals surface area (Å²) in [6, 6.07) is 12.6. The van der Waals surface area contributed by atoms with Crippen molar-refractivity contribution in [3.63, 3.8) is 0 Å². The van der Waals surface area contributed by atoms with E-state index in [-0.39, 0.29) is 18.3 Å². The lowest BCUT2D eigenvalue weighted by molar-refractivity contribution is 0.102. The number of ether oxygens (including phenoxy) is 2. The Bertz CT molecular complexity index is 969. The van der Waals surface area contributed by atoms with E-state index in [1.807, 2.05) is 38.1 Å².